The number of anilines is 2. The number of carbonyl (C=O) groups is 1. The second-order valence-electron chi connectivity index (χ2n) is 7.90. The molecular formula is C25H19FIN4O4-. The third kappa shape index (κ3) is 3.83. The van der Waals surface area contributed by atoms with E-state index in [1.54, 1.807) is 24.5 Å². The predicted octanol–water partition coefficient (Wildman–Crippen LogP) is 1.94. The molecule has 0 saturated carbocycles. The average molecular weight is 585 g/mol. The summed E-state index contributed by atoms with van der Waals surface area (Å²) in [5.41, 5.74) is 3.44. The topological polar surface area (TPSA) is 97.5 Å². The van der Waals surface area contributed by atoms with Crippen LogP contribution in [0, 0.1) is 5.82 Å². The van der Waals surface area contributed by atoms with E-state index >= 15 is 0 Å². The molecule has 0 unspecified atom stereocenters. The number of aromatic nitrogens is 2. The first-order valence-corrected chi connectivity index (χ1v) is 12.9. The third-order valence-corrected chi connectivity index (χ3v) is 8.23. The van der Waals surface area contributed by atoms with Crippen molar-refractivity contribution in [2.75, 3.05) is 19.0 Å². The van der Waals surface area contributed by atoms with Gasteiger partial charge in [0, 0.05) is 0 Å². The summed E-state index contributed by atoms with van der Waals surface area (Å²) in [5.74, 6) is 1.18. The molecule has 3 aliphatic heterocycles. The second-order valence-corrected chi connectivity index (χ2v) is 10.4. The molecule has 2 aromatic carbocycles. The number of methoxy groups -OCH3 is 1. The van der Waals surface area contributed by atoms with E-state index in [4.69, 9.17) is 12.5 Å². The Morgan fingerprint density at radius 2 is 2.00 bits per heavy atom. The molecule has 0 spiro atoms. The number of fused-ring (bicyclic) bond motifs is 3. The molecule has 2 aromatic heterocycles. The Bertz CT molecular complexity index is 1440. The van der Waals surface area contributed by atoms with Gasteiger partial charge in [0.1, 0.15) is 0 Å². The Kier molecular flexibility index (Phi) is 5.44. The first-order chi connectivity index (χ1) is 17.1. The zero-order valence-electron chi connectivity index (χ0n) is 18.4. The number of ether oxygens (including phenoxy) is 2. The van der Waals surface area contributed by atoms with Crippen LogP contribution in [0.4, 0.5) is 15.8 Å². The van der Waals surface area contributed by atoms with Crippen LogP contribution in [0.3, 0.4) is 0 Å². The van der Waals surface area contributed by atoms with Crippen LogP contribution in [0.25, 0.3) is 11.3 Å². The first kappa shape index (κ1) is 21.7. The van der Waals surface area contributed by atoms with Crippen LogP contribution < -0.4 is 44.8 Å². The molecule has 4 aromatic rings. The molecule has 7 rings (SSSR count). The van der Waals surface area contributed by atoms with Crippen LogP contribution >= 0.6 is 0 Å². The van der Waals surface area contributed by atoms with Crippen molar-refractivity contribution in [1.82, 2.24) is 15.3 Å². The number of hydrogen-bond acceptors (Lipinski definition) is 6. The summed E-state index contributed by atoms with van der Waals surface area (Å²) in [6.07, 6.45) is 3.28. The van der Waals surface area contributed by atoms with E-state index < -0.39 is 27.4 Å². The maximum atomic E-state index is 14.5. The number of rotatable bonds is 3. The van der Waals surface area contributed by atoms with Crippen LogP contribution in [-0.4, -0.2) is 29.5 Å². The Hall–Kier alpha value is -3.80. The van der Waals surface area contributed by atoms with Gasteiger partial charge in [-0.15, -0.1) is 0 Å². The Morgan fingerprint density at radius 1 is 1.17 bits per heavy atom. The van der Waals surface area contributed by atoms with E-state index in [0.717, 1.165) is 11.4 Å². The summed E-state index contributed by atoms with van der Waals surface area (Å²) >= 11 is -0.833. The van der Waals surface area contributed by atoms with Crippen LogP contribution in [-0.2, 0) is 0 Å². The molecule has 4 bridgehead atoms. The third-order valence-electron chi connectivity index (χ3n) is 5.79. The van der Waals surface area contributed by atoms with Gasteiger partial charge in [-0.05, 0) is 0 Å². The van der Waals surface area contributed by atoms with Crippen molar-refractivity contribution in [3.63, 3.8) is 0 Å². The molecule has 35 heavy (non-hydrogen) atoms. The molecule has 3 aliphatic rings. The quantitative estimate of drug-likeness (QED) is 0.251. The van der Waals surface area contributed by atoms with Crippen LogP contribution in [0.1, 0.15) is 20.0 Å². The van der Waals surface area contributed by atoms with Gasteiger partial charge >= 0.3 is 211 Å². The Morgan fingerprint density at radius 3 is 2.83 bits per heavy atom. The minimum atomic E-state index is -0.833. The zero-order chi connectivity index (χ0) is 23.9. The molecule has 5 heterocycles. The number of H-pyrrole nitrogens is 1. The van der Waals surface area contributed by atoms with Gasteiger partial charge in [0.2, 0.25) is 0 Å². The summed E-state index contributed by atoms with van der Waals surface area (Å²) in [4.78, 5) is 20.9. The molecule has 178 valence electrons. The Labute approximate surface area is 210 Å². The van der Waals surface area contributed by atoms with Gasteiger partial charge in [-0.3, -0.25) is 0 Å². The maximum absolute atomic E-state index is 14.5. The molecule has 0 saturated heterocycles. The fraction of sp³-hybridized carbons (Fsp3) is 0.120. The second kappa shape index (κ2) is 8.77. The number of hydrogen-bond donors (Lipinski definition) is 3. The number of nitrogens with zero attached hydrogens (tertiary/aromatic N) is 1. The average Bonchev–Trinajstić information content (AvgIpc) is 3.25. The van der Waals surface area contributed by atoms with Gasteiger partial charge in [-0.1, -0.05) is 0 Å². The van der Waals surface area contributed by atoms with E-state index in [1.165, 1.54) is 13.2 Å². The van der Waals surface area contributed by atoms with Crippen molar-refractivity contribution in [2.45, 2.75) is 3.92 Å². The minimum absolute atomic E-state index is 0.0307. The molecule has 0 fully saturated rings. The first-order valence-electron chi connectivity index (χ1n) is 10.8. The fourth-order valence-electron chi connectivity index (χ4n) is 4.17. The number of pyridine rings is 1. The van der Waals surface area contributed by atoms with Crippen LogP contribution in [0.2, 0.25) is 0 Å². The van der Waals surface area contributed by atoms with Crippen molar-refractivity contribution < 1.29 is 43.3 Å². The van der Waals surface area contributed by atoms with Crippen LogP contribution in [0.5, 0.6) is 23.0 Å². The van der Waals surface area contributed by atoms with E-state index in [0.29, 0.717) is 46.2 Å². The van der Waals surface area contributed by atoms with E-state index in [-0.39, 0.29) is 15.6 Å². The van der Waals surface area contributed by atoms with Crippen molar-refractivity contribution in [2.24, 2.45) is 0 Å². The predicted molar refractivity (Wildman–Crippen MR) is 122 cm³/mol. The number of aromatic amines is 1. The van der Waals surface area contributed by atoms with Crippen molar-refractivity contribution in [3.8, 4) is 34.3 Å². The van der Waals surface area contributed by atoms with E-state index in [1.807, 2.05) is 30.3 Å². The zero-order valence-corrected chi connectivity index (χ0v) is 20.6. The van der Waals surface area contributed by atoms with Gasteiger partial charge < -0.3 is 0 Å². The van der Waals surface area contributed by atoms with Gasteiger partial charge in [-0.25, -0.2) is 0 Å². The molecular weight excluding hydrogens is 566 g/mol. The number of para-hydroxylation sites is 1. The number of amides is 1. The van der Waals surface area contributed by atoms with Gasteiger partial charge in [-0.2, -0.15) is 0 Å². The van der Waals surface area contributed by atoms with Gasteiger partial charge in [0.15, 0.2) is 0 Å². The molecule has 10 heteroatoms. The molecule has 1 atom stereocenters. The number of halogens is 2. The summed E-state index contributed by atoms with van der Waals surface area (Å²) in [5, 5.41) is 6.24. The van der Waals surface area contributed by atoms with Gasteiger partial charge in [0.25, 0.3) is 0 Å². The summed E-state index contributed by atoms with van der Waals surface area (Å²) in [6.45, 7) is 0.458. The number of carbonyl (C=O) groups excluding carboxylic acids is 1. The van der Waals surface area contributed by atoms with Crippen molar-refractivity contribution in [3.05, 3.63) is 78.0 Å². The summed E-state index contributed by atoms with van der Waals surface area (Å²) < 4.78 is 32.0. The van der Waals surface area contributed by atoms with Crippen molar-refractivity contribution in [1.29, 1.82) is 0 Å². The number of benzene rings is 2. The van der Waals surface area contributed by atoms with E-state index in [2.05, 4.69) is 20.6 Å². The fourth-order valence-corrected chi connectivity index (χ4v) is 6.19. The SMILES string of the molecule is COc1c(F)cccc1Nc1c2[nH]c3c1C(=O)NC[C@@H]3[I-]Oc1ccc(cc1)Oc1cnccc1-2. The van der Waals surface area contributed by atoms with Crippen molar-refractivity contribution >= 4 is 17.3 Å². The van der Waals surface area contributed by atoms with E-state index in [9.17, 15) is 9.18 Å². The van der Waals surface area contributed by atoms with Crippen LogP contribution in [0.15, 0.2) is 60.9 Å². The number of alkyl halides is 1. The molecule has 1 amide bonds. The summed E-state index contributed by atoms with van der Waals surface area (Å²) in [6, 6.07) is 13.8. The molecule has 3 N–H and O–H groups in total. The molecule has 8 nitrogen and oxygen atoms in total. The standard InChI is InChI=1S/C25H19FIN4O4/c1-33-24-16(26)3-2-4-18(24)30-23-20-22-17(11-29-25(20)32)27-35-14-7-5-13(6-8-14)34-19-12-28-10-9-15(19)21(23)31-22/h2-10,12,17,30-31H,11H2,1H3,(H,29,32)/q-1/t17-/m0/s1. The van der Waals surface area contributed by atoms with Gasteiger partial charge in [0.05, 0.1) is 0 Å². The molecule has 0 aliphatic carbocycles. The number of nitrogens with one attached hydrogen (secondary N) is 3. The Balaban J connectivity index is 1.59. The molecule has 0 radical (unpaired) electrons. The summed E-state index contributed by atoms with van der Waals surface area (Å²) in [7, 11) is 1.40. The monoisotopic (exact) mass is 585 g/mol. The normalized spacial score (nSPS) is 16.2.